The molecule has 0 bridgehead atoms. The highest BCUT2D eigenvalue weighted by Gasteiger charge is 2.27. The van der Waals surface area contributed by atoms with Gasteiger partial charge < -0.3 is 0 Å². The van der Waals surface area contributed by atoms with Gasteiger partial charge in [-0.2, -0.15) is 0 Å². The molecule has 1 amide bonds. The number of benzene rings is 3. The van der Waals surface area contributed by atoms with Gasteiger partial charge >= 0.3 is 0 Å². The molecule has 1 atom stereocenters. The van der Waals surface area contributed by atoms with Crippen molar-refractivity contribution in [3.8, 4) is 0 Å². The normalized spacial score (nSPS) is 11.7. The molecule has 1 N–H and O–H groups in total. The number of carbonyl (C=O) groups is 1. The summed E-state index contributed by atoms with van der Waals surface area (Å²) in [7, 11) is 0. The number of nitrogens with one attached hydrogen (secondary N) is 1. The standard InChI is InChI=1S/C23H23N3O3/c1-17(2)22(18-13-15-21(16-14-18)26(28)29)23(27)24-25(19-9-5-3-6-10-19)20-11-7-4-8-12-20/h3-17,22H,1-2H3,(H,24,27). The Hall–Kier alpha value is -3.67. The minimum atomic E-state index is -0.453. The summed E-state index contributed by atoms with van der Waals surface area (Å²) in [6.07, 6.45) is 0. The Kier molecular flexibility index (Phi) is 6.24. The second-order valence-corrected chi connectivity index (χ2v) is 7.05. The summed E-state index contributed by atoms with van der Waals surface area (Å²) in [4.78, 5) is 23.8. The number of carbonyl (C=O) groups excluding carboxylic acids is 1. The summed E-state index contributed by atoms with van der Waals surface area (Å²) < 4.78 is 0. The lowest BCUT2D eigenvalue weighted by atomic mass is 9.87. The predicted octanol–water partition coefficient (Wildman–Crippen LogP) is 5.20. The smallest absolute Gasteiger partial charge is 0.269 e. The zero-order chi connectivity index (χ0) is 20.8. The van der Waals surface area contributed by atoms with Gasteiger partial charge in [-0.3, -0.25) is 25.3 Å². The molecule has 0 aliphatic carbocycles. The van der Waals surface area contributed by atoms with Crippen LogP contribution in [0.1, 0.15) is 25.3 Å². The fourth-order valence-electron chi connectivity index (χ4n) is 3.25. The monoisotopic (exact) mass is 389 g/mol. The molecule has 0 fully saturated rings. The molecular formula is C23H23N3O3. The Bertz CT molecular complexity index is 918. The van der Waals surface area contributed by atoms with Crippen molar-refractivity contribution in [2.24, 2.45) is 5.92 Å². The van der Waals surface area contributed by atoms with Crippen molar-refractivity contribution >= 4 is 23.0 Å². The van der Waals surface area contributed by atoms with Crippen LogP contribution in [0.2, 0.25) is 0 Å². The molecule has 0 radical (unpaired) electrons. The summed E-state index contributed by atoms with van der Waals surface area (Å²) in [6, 6.07) is 25.3. The molecule has 0 aliphatic rings. The fraction of sp³-hybridized carbons (Fsp3) is 0.174. The molecule has 0 saturated carbocycles. The Morgan fingerprint density at radius 3 is 1.76 bits per heavy atom. The third kappa shape index (κ3) is 4.79. The zero-order valence-corrected chi connectivity index (χ0v) is 16.4. The first-order valence-corrected chi connectivity index (χ1v) is 9.42. The maximum absolute atomic E-state index is 13.3. The van der Waals surface area contributed by atoms with Crippen LogP contribution in [0.5, 0.6) is 0 Å². The quantitative estimate of drug-likeness (QED) is 0.445. The van der Waals surface area contributed by atoms with Gasteiger partial charge in [0.15, 0.2) is 0 Å². The Morgan fingerprint density at radius 1 is 0.862 bits per heavy atom. The van der Waals surface area contributed by atoms with E-state index in [2.05, 4.69) is 5.43 Å². The Morgan fingerprint density at radius 2 is 1.34 bits per heavy atom. The highest BCUT2D eigenvalue weighted by molar-refractivity contribution is 5.87. The molecule has 0 heterocycles. The summed E-state index contributed by atoms with van der Waals surface area (Å²) in [5.74, 6) is -0.628. The topological polar surface area (TPSA) is 75.5 Å². The molecule has 0 aliphatic heterocycles. The average Bonchev–Trinajstić information content (AvgIpc) is 2.73. The molecule has 0 aromatic heterocycles. The lowest BCUT2D eigenvalue weighted by Crippen LogP contribution is -2.42. The van der Waals surface area contributed by atoms with Crippen LogP contribution < -0.4 is 10.4 Å². The highest BCUT2D eigenvalue weighted by Crippen LogP contribution is 2.29. The SMILES string of the molecule is CC(C)C(C(=O)NN(c1ccccc1)c1ccccc1)c1ccc([N+](=O)[O-])cc1. The van der Waals surface area contributed by atoms with Gasteiger partial charge in [-0.25, -0.2) is 0 Å². The van der Waals surface area contributed by atoms with Gasteiger partial charge in [-0.15, -0.1) is 0 Å². The van der Waals surface area contributed by atoms with E-state index in [9.17, 15) is 14.9 Å². The molecule has 6 heteroatoms. The van der Waals surface area contributed by atoms with E-state index in [4.69, 9.17) is 0 Å². The summed E-state index contributed by atoms with van der Waals surface area (Å²) in [6.45, 7) is 3.92. The van der Waals surface area contributed by atoms with Crippen LogP contribution in [0.3, 0.4) is 0 Å². The average molecular weight is 389 g/mol. The van der Waals surface area contributed by atoms with Crippen LogP contribution in [0.15, 0.2) is 84.9 Å². The van der Waals surface area contributed by atoms with Crippen LogP contribution in [0.25, 0.3) is 0 Å². The van der Waals surface area contributed by atoms with Crippen molar-refractivity contribution in [2.75, 3.05) is 5.01 Å². The number of hydrogen-bond donors (Lipinski definition) is 1. The number of rotatable bonds is 7. The first-order valence-electron chi connectivity index (χ1n) is 9.42. The summed E-state index contributed by atoms with van der Waals surface area (Å²) in [5, 5.41) is 12.7. The van der Waals surface area contributed by atoms with Gasteiger partial charge in [0, 0.05) is 12.1 Å². The van der Waals surface area contributed by atoms with Gasteiger partial charge in [0.1, 0.15) is 0 Å². The van der Waals surface area contributed by atoms with Crippen molar-refractivity contribution in [3.63, 3.8) is 0 Å². The van der Waals surface area contributed by atoms with E-state index in [0.717, 1.165) is 16.9 Å². The van der Waals surface area contributed by atoms with E-state index in [1.54, 1.807) is 17.1 Å². The van der Waals surface area contributed by atoms with E-state index in [1.165, 1.54) is 12.1 Å². The molecule has 148 valence electrons. The van der Waals surface area contributed by atoms with Gasteiger partial charge in [0.25, 0.3) is 5.69 Å². The van der Waals surface area contributed by atoms with Crippen molar-refractivity contribution in [1.82, 2.24) is 5.43 Å². The van der Waals surface area contributed by atoms with Crippen LogP contribution in [0.4, 0.5) is 17.1 Å². The molecule has 29 heavy (non-hydrogen) atoms. The van der Waals surface area contributed by atoms with Crippen molar-refractivity contribution in [3.05, 3.63) is 101 Å². The van der Waals surface area contributed by atoms with Crippen molar-refractivity contribution in [1.29, 1.82) is 0 Å². The fourth-order valence-corrected chi connectivity index (χ4v) is 3.25. The second kappa shape index (κ2) is 9.01. The lowest BCUT2D eigenvalue weighted by Gasteiger charge is -2.29. The van der Waals surface area contributed by atoms with E-state index < -0.39 is 10.8 Å². The largest absolute Gasteiger partial charge is 0.273 e. The maximum atomic E-state index is 13.3. The number of nitro groups is 1. The van der Waals surface area contributed by atoms with Crippen LogP contribution in [-0.2, 0) is 4.79 Å². The van der Waals surface area contributed by atoms with Crippen LogP contribution in [-0.4, -0.2) is 10.8 Å². The van der Waals surface area contributed by atoms with Crippen molar-refractivity contribution < 1.29 is 9.72 Å². The number of anilines is 2. The Balaban J connectivity index is 1.91. The number of amides is 1. The van der Waals surface area contributed by atoms with E-state index in [1.807, 2.05) is 74.5 Å². The number of non-ortho nitro benzene ring substituents is 1. The molecule has 1 unspecified atom stereocenters. The zero-order valence-electron chi connectivity index (χ0n) is 16.4. The third-order valence-electron chi connectivity index (χ3n) is 4.66. The van der Waals surface area contributed by atoms with Gasteiger partial charge in [0.05, 0.1) is 22.2 Å². The number of hydrazine groups is 1. The third-order valence-corrected chi connectivity index (χ3v) is 4.66. The van der Waals surface area contributed by atoms with E-state index in [0.29, 0.717) is 0 Å². The molecule has 0 spiro atoms. The summed E-state index contributed by atoms with van der Waals surface area (Å²) >= 11 is 0. The molecule has 6 nitrogen and oxygen atoms in total. The molecular weight excluding hydrogens is 366 g/mol. The second-order valence-electron chi connectivity index (χ2n) is 7.05. The van der Waals surface area contributed by atoms with Gasteiger partial charge in [0.2, 0.25) is 5.91 Å². The number of nitro benzene ring substituents is 1. The van der Waals surface area contributed by atoms with Gasteiger partial charge in [-0.1, -0.05) is 62.4 Å². The summed E-state index contributed by atoms with van der Waals surface area (Å²) in [5.41, 5.74) is 5.44. The first kappa shape index (κ1) is 20.1. The number of para-hydroxylation sites is 2. The van der Waals surface area contributed by atoms with E-state index >= 15 is 0 Å². The minimum absolute atomic E-state index is 0.00449. The maximum Gasteiger partial charge on any atom is 0.269 e. The van der Waals surface area contributed by atoms with Crippen LogP contribution >= 0.6 is 0 Å². The lowest BCUT2D eigenvalue weighted by molar-refractivity contribution is -0.384. The number of hydrogen-bond acceptors (Lipinski definition) is 4. The molecule has 3 aromatic rings. The van der Waals surface area contributed by atoms with Gasteiger partial charge in [-0.05, 0) is 35.7 Å². The molecule has 0 saturated heterocycles. The molecule has 3 rings (SSSR count). The van der Waals surface area contributed by atoms with E-state index in [-0.39, 0.29) is 17.5 Å². The Labute approximate surface area is 169 Å². The number of nitrogens with zero attached hydrogens (tertiary/aromatic N) is 2. The highest BCUT2D eigenvalue weighted by atomic mass is 16.6. The first-order chi connectivity index (χ1) is 14.0. The van der Waals surface area contributed by atoms with Crippen molar-refractivity contribution in [2.45, 2.75) is 19.8 Å². The molecule has 3 aromatic carbocycles. The minimum Gasteiger partial charge on any atom is -0.273 e. The predicted molar refractivity (Wildman–Crippen MR) is 114 cm³/mol. The van der Waals surface area contributed by atoms with Crippen LogP contribution in [0, 0.1) is 16.0 Å².